The monoisotopic (exact) mass is 297 g/mol. The average molecular weight is 297 g/mol. The van der Waals surface area contributed by atoms with Gasteiger partial charge < -0.3 is 19.3 Å². The second-order valence-electron chi connectivity index (χ2n) is 5.04. The zero-order chi connectivity index (χ0) is 15.4. The minimum Gasteiger partial charge on any atom is -0.394 e. The van der Waals surface area contributed by atoms with Gasteiger partial charge in [-0.1, -0.05) is 0 Å². The Hall–Kier alpha value is -1.93. The predicted octanol–water partition coefficient (Wildman–Crippen LogP) is 0.547. The fourth-order valence-corrected chi connectivity index (χ4v) is 2.47. The van der Waals surface area contributed by atoms with Crippen LogP contribution in [0.2, 0.25) is 0 Å². The molecule has 1 aliphatic heterocycles. The fraction of sp³-hybridized carbons (Fsp3) is 0.615. The van der Waals surface area contributed by atoms with E-state index in [2.05, 4.69) is 0 Å². The highest BCUT2D eigenvalue weighted by Crippen LogP contribution is 2.20. The second kappa shape index (κ2) is 6.68. The lowest BCUT2D eigenvalue weighted by Gasteiger charge is -2.31. The summed E-state index contributed by atoms with van der Waals surface area (Å²) in [5.41, 5.74) is 0.235. The van der Waals surface area contributed by atoms with Gasteiger partial charge in [-0.15, -0.1) is 0 Å². The highest BCUT2D eigenvalue weighted by atomic mass is 16.6. The van der Waals surface area contributed by atoms with E-state index in [0.29, 0.717) is 38.2 Å². The van der Waals surface area contributed by atoms with Gasteiger partial charge in [0.1, 0.15) is 5.69 Å². The van der Waals surface area contributed by atoms with Crippen molar-refractivity contribution in [2.45, 2.75) is 18.9 Å². The Morgan fingerprint density at radius 2 is 2.19 bits per heavy atom. The van der Waals surface area contributed by atoms with Gasteiger partial charge in [0, 0.05) is 26.2 Å². The average Bonchev–Trinajstić information content (AvgIpc) is 2.87. The van der Waals surface area contributed by atoms with E-state index in [1.165, 1.54) is 16.8 Å². The molecule has 0 aromatic carbocycles. The number of aliphatic hydroxyl groups is 1. The van der Waals surface area contributed by atoms with E-state index < -0.39 is 4.92 Å². The molecule has 1 amide bonds. The molecule has 21 heavy (non-hydrogen) atoms. The molecule has 1 fully saturated rings. The van der Waals surface area contributed by atoms with E-state index in [0.717, 1.165) is 0 Å². The Morgan fingerprint density at radius 1 is 1.52 bits per heavy atom. The molecule has 1 saturated heterocycles. The number of nitrogens with zero attached hydrogens (tertiary/aromatic N) is 3. The van der Waals surface area contributed by atoms with Gasteiger partial charge in [-0.3, -0.25) is 14.9 Å². The summed E-state index contributed by atoms with van der Waals surface area (Å²) in [6, 6.07) is 1.30. The molecular weight excluding hydrogens is 278 g/mol. The van der Waals surface area contributed by atoms with Gasteiger partial charge >= 0.3 is 0 Å². The maximum Gasteiger partial charge on any atom is 0.287 e. The molecule has 1 aromatic rings. The van der Waals surface area contributed by atoms with Crippen molar-refractivity contribution in [3.63, 3.8) is 0 Å². The van der Waals surface area contributed by atoms with Crippen LogP contribution >= 0.6 is 0 Å². The number of rotatable bonds is 5. The predicted molar refractivity (Wildman–Crippen MR) is 74.0 cm³/mol. The van der Waals surface area contributed by atoms with Crippen LogP contribution in [0.1, 0.15) is 23.3 Å². The van der Waals surface area contributed by atoms with Crippen LogP contribution in [0.15, 0.2) is 12.3 Å². The largest absolute Gasteiger partial charge is 0.394 e. The zero-order valence-electron chi connectivity index (χ0n) is 11.9. The lowest BCUT2D eigenvalue weighted by Crippen LogP contribution is -2.41. The van der Waals surface area contributed by atoms with Crippen molar-refractivity contribution in [2.75, 3.05) is 26.3 Å². The molecule has 1 aromatic heterocycles. The van der Waals surface area contributed by atoms with E-state index in [1.807, 2.05) is 0 Å². The summed E-state index contributed by atoms with van der Waals surface area (Å²) < 4.78 is 6.92. The summed E-state index contributed by atoms with van der Waals surface area (Å²) in [6.07, 6.45) is 2.81. The SMILES string of the molecule is Cn1cc([N+](=O)[O-])cc1C(=O)N1CCC(OCCO)CC1. The van der Waals surface area contributed by atoms with Crippen LogP contribution in [0.4, 0.5) is 5.69 Å². The summed E-state index contributed by atoms with van der Waals surface area (Å²) in [4.78, 5) is 24.3. The molecule has 2 heterocycles. The van der Waals surface area contributed by atoms with Crippen LogP contribution in [0, 0.1) is 10.1 Å². The topological polar surface area (TPSA) is 97.8 Å². The number of carbonyl (C=O) groups is 1. The van der Waals surface area contributed by atoms with Crippen LogP contribution in [-0.2, 0) is 11.8 Å². The van der Waals surface area contributed by atoms with Crippen LogP contribution in [0.5, 0.6) is 0 Å². The molecule has 1 aliphatic rings. The van der Waals surface area contributed by atoms with Gasteiger partial charge in [-0.2, -0.15) is 0 Å². The number of nitro groups is 1. The highest BCUT2D eigenvalue weighted by molar-refractivity contribution is 5.93. The van der Waals surface area contributed by atoms with Crippen molar-refractivity contribution in [3.05, 3.63) is 28.1 Å². The Bertz CT molecular complexity index is 520. The molecule has 0 radical (unpaired) electrons. The molecule has 116 valence electrons. The van der Waals surface area contributed by atoms with Gasteiger partial charge in [0.25, 0.3) is 11.6 Å². The second-order valence-corrected chi connectivity index (χ2v) is 5.04. The number of aryl methyl sites for hydroxylation is 1. The third kappa shape index (κ3) is 3.59. The Labute approximate surface area is 122 Å². The molecule has 8 nitrogen and oxygen atoms in total. The first-order chi connectivity index (χ1) is 10.0. The standard InChI is InChI=1S/C13H19N3O5/c1-14-9-10(16(19)20)8-12(14)13(18)15-4-2-11(3-5-15)21-7-6-17/h8-9,11,17H,2-7H2,1H3. The van der Waals surface area contributed by atoms with Crippen LogP contribution in [-0.4, -0.2) is 57.8 Å². The van der Waals surface area contributed by atoms with Gasteiger partial charge in [-0.25, -0.2) is 0 Å². The highest BCUT2D eigenvalue weighted by Gasteiger charge is 2.27. The summed E-state index contributed by atoms with van der Waals surface area (Å²) in [5, 5.41) is 19.5. The van der Waals surface area contributed by atoms with Crippen molar-refractivity contribution in [2.24, 2.45) is 7.05 Å². The van der Waals surface area contributed by atoms with Crippen molar-refractivity contribution in [1.82, 2.24) is 9.47 Å². The molecule has 0 bridgehead atoms. The zero-order valence-corrected chi connectivity index (χ0v) is 11.9. The lowest BCUT2D eigenvalue weighted by atomic mass is 10.1. The molecule has 0 saturated carbocycles. The van der Waals surface area contributed by atoms with E-state index in [-0.39, 0.29) is 24.3 Å². The summed E-state index contributed by atoms with van der Waals surface area (Å²) >= 11 is 0. The van der Waals surface area contributed by atoms with Gasteiger partial charge in [-0.05, 0) is 12.8 Å². The number of likely N-dealkylation sites (tertiary alicyclic amines) is 1. The van der Waals surface area contributed by atoms with Crippen LogP contribution < -0.4 is 0 Å². The van der Waals surface area contributed by atoms with E-state index in [4.69, 9.17) is 9.84 Å². The molecular formula is C13H19N3O5. The molecule has 8 heteroatoms. The first kappa shape index (κ1) is 15.5. The number of ether oxygens (including phenoxy) is 1. The van der Waals surface area contributed by atoms with Gasteiger partial charge in [0.2, 0.25) is 0 Å². The molecule has 1 N–H and O–H groups in total. The number of hydrogen-bond acceptors (Lipinski definition) is 5. The quantitative estimate of drug-likeness (QED) is 0.632. The van der Waals surface area contributed by atoms with Crippen molar-refractivity contribution in [3.8, 4) is 0 Å². The maximum atomic E-state index is 12.4. The van der Waals surface area contributed by atoms with E-state index >= 15 is 0 Å². The Kier molecular flexibility index (Phi) is 4.92. The van der Waals surface area contributed by atoms with Crippen molar-refractivity contribution < 1.29 is 19.6 Å². The minimum atomic E-state index is -0.508. The smallest absolute Gasteiger partial charge is 0.287 e. The first-order valence-corrected chi connectivity index (χ1v) is 6.85. The number of piperidine rings is 1. The summed E-state index contributed by atoms with van der Waals surface area (Å²) in [6.45, 7) is 1.40. The van der Waals surface area contributed by atoms with Crippen molar-refractivity contribution >= 4 is 11.6 Å². The number of hydrogen-bond donors (Lipinski definition) is 1. The van der Waals surface area contributed by atoms with E-state index in [9.17, 15) is 14.9 Å². The van der Waals surface area contributed by atoms with Crippen LogP contribution in [0.25, 0.3) is 0 Å². The third-order valence-corrected chi connectivity index (χ3v) is 3.59. The fourth-order valence-electron chi connectivity index (χ4n) is 2.47. The van der Waals surface area contributed by atoms with Gasteiger partial charge in [0.15, 0.2) is 0 Å². The molecule has 0 atom stereocenters. The Balaban J connectivity index is 1.97. The number of aliphatic hydroxyl groups excluding tert-OH is 1. The lowest BCUT2D eigenvalue weighted by molar-refractivity contribution is -0.384. The third-order valence-electron chi connectivity index (χ3n) is 3.59. The molecule has 0 spiro atoms. The maximum absolute atomic E-state index is 12.4. The summed E-state index contributed by atoms with van der Waals surface area (Å²) in [7, 11) is 1.62. The molecule has 0 aliphatic carbocycles. The normalized spacial score (nSPS) is 16.2. The van der Waals surface area contributed by atoms with Crippen LogP contribution in [0.3, 0.4) is 0 Å². The Morgan fingerprint density at radius 3 is 2.71 bits per heavy atom. The molecule has 0 unspecified atom stereocenters. The first-order valence-electron chi connectivity index (χ1n) is 6.85. The van der Waals surface area contributed by atoms with E-state index in [1.54, 1.807) is 11.9 Å². The number of aromatic nitrogens is 1. The van der Waals surface area contributed by atoms with Crippen molar-refractivity contribution in [1.29, 1.82) is 0 Å². The summed E-state index contributed by atoms with van der Waals surface area (Å²) in [5.74, 6) is -0.203. The minimum absolute atomic E-state index is 0.00778. The molecule has 2 rings (SSSR count). The number of amides is 1. The number of carbonyl (C=O) groups excluding carboxylic acids is 1. The van der Waals surface area contributed by atoms with Gasteiger partial charge in [0.05, 0.1) is 30.4 Å².